The zero-order valence-electron chi connectivity index (χ0n) is 17.3. The molecule has 0 rings (SSSR count). The minimum absolute atomic E-state index is 0. The van der Waals surface area contributed by atoms with Crippen molar-refractivity contribution in [2.45, 2.75) is 51.9 Å². The first-order chi connectivity index (χ1) is 12.8. The van der Waals surface area contributed by atoms with E-state index in [1.54, 1.807) is 0 Å². The number of hydrogen-bond acceptors (Lipinski definition) is 5. The van der Waals surface area contributed by atoms with E-state index in [2.05, 4.69) is 5.32 Å². The standard InChI is InChI=1S/C19H34N2O6.Li/c1-2-3-4-5-8-17(23)20-11-14-21(15-16-22,12-6-9-18(24)25)13-7-10-19(26)27;/h2-3,22H,4-16H2,1H3,(H2-,20,23,24,25,26,27);/q;+1/b3-2+;. The van der Waals surface area contributed by atoms with Gasteiger partial charge in [0, 0.05) is 25.2 Å². The van der Waals surface area contributed by atoms with Crippen molar-refractivity contribution in [1.82, 2.24) is 5.32 Å². The molecule has 3 N–H and O–H groups in total. The number of unbranched alkanes of at least 4 members (excludes halogenated alkanes) is 1. The molecule has 1 atom stereocenters. The molecule has 0 aromatic heterocycles. The number of carbonyl (C=O) groups is 3. The second-order valence-electron chi connectivity index (χ2n) is 6.74. The summed E-state index contributed by atoms with van der Waals surface area (Å²) in [6, 6.07) is 0. The number of nitrogens with one attached hydrogen (secondary N) is 1. The molecule has 0 aliphatic carbocycles. The third kappa shape index (κ3) is 15.7. The molecular formula is C19H34LiN2O6+. The van der Waals surface area contributed by atoms with Crippen LogP contribution in [0.5, 0.6) is 0 Å². The maximum Gasteiger partial charge on any atom is 1.00 e. The molecule has 0 aliphatic rings. The fourth-order valence-corrected chi connectivity index (χ4v) is 3.08. The fraction of sp³-hybridized carbons (Fsp3) is 0.737. The van der Waals surface area contributed by atoms with Gasteiger partial charge >= 0.3 is 24.8 Å². The number of aliphatic hydroxyl groups excluding tert-OH is 1. The van der Waals surface area contributed by atoms with Crippen molar-refractivity contribution in [2.75, 3.05) is 39.3 Å². The summed E-state index contributed by atoms with van der Waals surface area (Å²) in [5.74, 6) is -2.06. The van der Waals surface area contributed by atoms with E-state index in [1.807, 2.05) is 19.1 Å². The number of aliphatic hydroxyl groups is 1. The van der Waals surface area contributed by atoms with Crippen LogP contribution >= 0.6 is 0 Å². The average Bonchev–Trinajstić information content (AvgIpc) is 2.58. The Kier molecular flexibility index (Phi) is 18.3. The predicted molar refractivity (Wildman–Crippen MR) is 99.6 cm³/mol. The Hall–Kier alpha value is -1.33. The fourth-order valence-electron chi connectivity index (χ4n) is 3.08. The smallest absolute Gasteiger partial charge is 0.550 e. The Balaban J connectivity index is 0. The number of carbonyl (C=O) groups excluding carboxylic acids is 2. The van der Waals surface area contributed by atoms with E-state index in [0.29, 0.717) is 56.5 Å². The van der Waals surface area contributed by atoms with Crippen molar-refractivity contribution in [3.8, 4) is 0 Å². The minimum Gasteiger partial charge on any atom is -0.550 e. The van der Waals surface area contributed by atoms with Crippen LogP contribution in [0.25, 0.3) is 0 Å². The first kappa shape index (κ1) is 28.9. The van der Waals surface area contributed by atoms with Crippen molar-refractivity contribution < 1.29 is 53.0 Å². The summed E-state index contributed by atoms with van der Waals surface area (Å²) < 4.78 is 0.385. The van der Waals surface area contributed by atoms with E-state index in [4.69, 9.17) is 5.11 Å². The van der Waals surface area contributed by atoms with Crippen LogP contribution in [0.2, 0.25) is 0 Å². The molecule has 9 heteroatoms. The number of aliphatic carboxylic acids is 2. The molecule has 28 heavy (non-hydrogen) atoms. The minimum atomic E-state index is -1.13. The Morgan fingerprint density at radius 1 is 1.00 bits per heavy atom. The van der Waals surface area contributed by atoms with Gasteiger partial charge in [-0.05, 0) is 26.2 Å². The number of hydrogen-bond donors (Lipinski definition) is 3. The van der Waals surface area contributed by atoms with E-state index >= 15 is 0 Å². The van der Waals surface area contributed by atoms with Gasteiger partial charge in [0.2, 0.25) is 5.91 Å². The number of amides is 1. The number of nitrogens with zero attached hydrogens (tertiary/aromatic N) is 1. The van der Waals surface area contributed by atoms with Crippen LogP contribution in [0.15, 0.2) is 12.2 Å². The summed E-state index contributed by atoms with van der Waals surface area (Å²) in [5, 5.41) is 31.9. The molecule has 8 nitrogen and oxygen atoms in total. The molecular weight excluding hydrogens is 359 g/mol. The maximum absolute atomic E-state index is 11.9. The quantitative estimate of drug-likeness (QED) is 0.105. The van der Waals surface area contributed by atoms with Crippen molar-refractivity contribution in [1.29, 1.82) is 0 Å². The molecule has 0 spiro atoms. The molecule has 0 bridgehead atoms. The van der Waals surface area contributed by atoms with Crippen molar-refractivity contribution in [2.24, 2.45) is 0 Å². The van der Waals surface area contributed by atoms with Crippen LogP contribution in [0.3, 0.4) is 0 Å². The zero-order valence-corrected chi connectivity index (χ0v) is 17.3. The summed E-state index contributed by atoms with van der Waals surface area (Å²) in [4.78, 5) is 33.4. The third-order valence-corrected chi connectivity index (χ3v) is 4.53. The predicted octanol–water partition coefficient (Wildman–Crippen LogP) is -2.94. The molecule has 0 fully saturated rings. The largest absolute Gasteiger partial charge is 1.00 e. The van der Waals surface area contributed by atoms with Crippen LogP contribution in [-0.2, 0) is 14.4 Å². The first-order valence-electron chi connectivity index (χ1n) is 9.60. The van der Waals surface area contributed by atoms with E-state index < -0.39 is 11.9 Å². The molecule has 1 unspecified atom stereocenters. The molecule has 1 amide bonds. The van der Waals surface area contributed by atoms with Gasteiger partial charge in [-0.15, -0.1) is 0 Å². The number of quaternary nitrogens is 1. The summed E-state index contributed by atoms with van der Waals surface area (Å²) in [6.45, 7) is 4.17. The summed E-state index contributed by atoms with van der Waals surface area (Å²) in [5.41, 5.74) is 0. The number of carboxylic acids is 2. The second-order valence-corrected chi connectivity index (χ2v) is 6.74. The molecule has 0 saturated carbocycles. The molecule has 0 heterocycles. The van der Waals surface area contributed by atoms with E-state index in [-0.39, 0.29) is 44.2 Å². The van der Waals surface area contributed by atoms with E-state index in [1.165, 1.54) is 0 Å². The molecule has 0 aliphatic heterocycles. The Bertz CT molecular complexity index is 465. The number of allylic oxidation sites excluding steroid dienone is 2. The van der Waals surface area contributed by atoms with Gasteiger partial charge in [0.1, 0.15) is 6.54 Å². The van der Waals surface area contributed by atoms with Gasteiger partial charge in [-0.25, -0.2) is 0 Å². The maximum atomic E-state index is 11.9. The normalized spacial score (nSPS) is 12.9. The van der Waals surface area contributed by atoms with E-state index in [0.717, 1.165) is 12.8 Å². The molecule has 0 radical (unpaired) electrons. The molecule has 0 saturated heterocycles. The van der Waals surface area contributed by atoms with E-state index in [9.17, 15) is 24.6 Å². The van der Waals surface area contributed by atoms with Gasteiger partial charge in [-0.2, -0.15) is 0 Å². The number of rotatable bonds is 17. The van der Waals surface area contributed by atoms with Crippen LogP contribution < -0.4 is 29.3 Å². The second kappa shape index (κ2) is 17.7. The Labute approximate surface area is 179 Å². The summed E-state index contributed by atoms with van der Waals surface area (Å²) in [7, 11) is 0. The molecule has 0 aromatic rings. The average molecular weight is 393 g/mol. The molecule has 156 valence electrons. The van der Waals surface area contributed by atoms with Crippen molar-refractivity contribution >= 4 is 17.8 Å². The zero-order chi connectivity index (χ0) is 20.5. The van der Waals surface area contributed by atoms with Crippen LogP contribution in [0, 0.1) is 0 Å². The van der Waals surface area contributed by atoms with Gasteiger partial charge in [0.15, 0.2) is 0 Å². The Morgan fingerprint density at radius 3 is 2.18 bits per heavy atom. The summed E-state index contributed by atoms with van der Waals surface area (Å²) >= 11 is 0. The van der Waals surface area contributed by atoms with Gasteiger partial charge < -0.3 is 29.9 Å². The molecule has 0 aromatic carbocycles. The first-order valence-corrected chi connectivity index (χ1v) is 9.60. The Morgan fingerprint density at radius 2 is 1.64 bits per heavy atom. The van der Waals surface area contributed by atoms with Crippen LogP contribution in [0.1, 0.15) is 51.9 Å². The van der Waals surface area contributed by atoms with Crippen molar-refractivity contribution in [3.05, 3.63) is 12.2 Å². The van der Waals surface area contributed by atoms with Crippen LogP contribution in [-0.4, -0.2) is 71.9 Å². The van der Waals surface area contributed by atoms with Gasteiger partial charge in [0.25, 0.3) is 0 Å². The van der Waals surface area contributed by atoms with Gasteiger partial charge in [-0.1, -0.05) is 12.2 Å². The van der Waals surface area contributed by atoms with Gasteiger partial charge in [0.05, 0.1) is 39.2 Å². The van der Waals surface area contributed by atoms with Crippen molar-refractivity contribution in [3.63, 3.8) is 0 Å². The van der Waals surface area contributed by atoms with Gasteiger partial charge in [-0.3, -0.25) is 9.59 Å². The third-order valence-electron chi connectivity index (χ3n) is 4.53. The summed E-state index contributed by atoms with van der Waals surface area (Å²) in [6.07, 6.45) is 6.77. The monoisotopic (exact) mass is 393 g/mol. The topological polar surface area (TPSA) is 127 Å². The SMILES string of the molecule is C/C=C/CCCC(=O)NCC[N+](CCO)(CCCC(=O)[O-])CCCC(=O)O.[Li+]. The van der Waals surface area contributed by atoms with Crippen LogP contribution in [0.4, 0.5) is 0 Å². The number of carboxylic acid groups (broad SMARTS) is 2.